The highest BCUT2D eigenvalue weighted by atomic mass is 16.5. The molecule has 0 N–H and O–H groups in total. The van der Waals surface area contributed by atoms with Gasteiger partial charge in [-0.25, -0.2) is 14.3 Å². The van der Waals surface area contributed by atoms with Gasteiger partial charge >= 0.3 is 11.9 Å². The number of esters is 2. The molecule has 1 aromatic rings. The van der Waals surface area contributed by atoms with E-state index in [1.165, 1.54) is 18.9 Å². The minimum atomic E-state index is -0.706. The van der Waals surface area contributed by atoms with E-state index in [4.69, 9.17) is 0 Å². The van der Waals surface area contributed by atoms with Gasteiger partial charge in [-0.05, 0) is 6.42 Å². The van der Waals surface area contributed by atoms with E-state index in [-0.39, 0.29) is 11.4 Å². The molecular weight excluding hydrogens is 214 g/mol. The molecule has 0 aromatic carbocycles. The third-order valence-corrected chi connectivity index (χ3v) is 1.93. The smallest absolute Gasteiger partial charge is 0.361 e. The van der Waals surface area contributed by atoms with Crippen LogP contribution in [0, 0.1) is 0 Å². The molecule has 0 amide bonds. The van der Waals surface area contributed by atoms with Gasteiger partial charge in [0, 0.05) is 6.54 Å². The van der Waals surface area contributed by atoms with Gasteiger partial charge in [-0.3, -0.25) is 0 Å². The lowest BCUT2D eigenvalue weighted by atomic mass is 10.3. The molecule has 0 saturated carbocycles. The number of methoxy groups -OCH3 is 2. The van der Waals surface area contributed by atoms with Gasteiger partial charge in [0.1, 0.15) is 0 Å². The number of ether oxygens (including phenoxy) is 2. The molecule has 1 aromatic heterocycles. The molecule has 0 aliphatic carbocycles. The average Bonchev–Trinajstić information content (AvgIpc) is 2.71. The van der Waals surface area contributed by atoms with E-state index < -0.39 is 11.9 Å². The lowest BCUT2D eigenvalue weighted by Crippen LogP contribution is -2.16. The van der Waals surface area contributed by atoms with Crippen LogP contribution < -0.4 is 0 Å². The van der Waals surface area contributed by atoms with Crippen LogP contribution in [0.4, 0.5) is 0 Å². The van der Waals surface area contributed by atoms with E-state index in [0.29, 0.717) is 6.54 Å². The zero-order valence-corrected chi connectivity index (χ0v) is 9.39. The summed E-state index contributed by atoms with van der Waals surface area (Å²) in [6.07, 6.45) is 0.758. The average molecular weight is 227 g/mol. The summed E-state index contributed by atoms with van der Waals surface area (Å²) in [6.45, 7) is 2.40. The largest absolute Gasteiger partial charge is 0.464 e. The second-order valence-electron chi connectivity index (χ2n) is 2.99. The quantitative estimate of drug-likeness (QED) is 0.686. The Balaban J connectivity index is 3.19. The Morgan fingerprint density at radius 2 is 1.88 bits per heavy atom. The highest BCUT2D eigenvalue weighted by molar-refractivity contribution is 6.00. The normalized spacial score (nSPS) is 9.94. The zero-order chi connectivity index (χ0) is 12.1. The minimum absolute atomic E-state index is 0.0243. The van der Waals surface area contributed by atoms with E-state index in [2.05, 4.69) is 19.8 Å². The predicted octanol–water partition coefficient (Wildman–Crippen LogP) is 0.261. The van der Waals surface area contributed by atoms with Gasteiger partial charge in [-0.1, -0.05) is 12.1 Å². The minimum Gasteiger partial charge on any atom is -0.464 e. The van der Waals surface area contributed by atoms with Crippen molar-refractivity contribution < 1.29 is 19.1 Å². The van der Waals surface area contributed by atoms with Crippen molar-refractivity contribution in [1.82, 2.24) is 15.0 Å². The molecular formula is C9H13N3O4. The van der Waals surface area contributed by atoms with Gasteiger partial charge in [-0.2, -0.15) is 0 Å². The molecule has 0 unspecified atom stereocenters. The van der Waals surface area contributed by atoms with Crippen molar-refractivity contribution in [2.45, 2.75) is 19.9 Å². The Kier molecular flexibility index (Phi) is 3.98. The van der Waals surface area contributed by atoms with Crippen LogP contribution in [0.15, 0.2) is 0 Å². The van der Waals surface area contributed by atoms with E-state index in [1.54, 1.807) is 0 Å². The molecule has 7 nitrogen and oxygen atoms in total. The maximum absolute atomic E-state index is 11.5. The Hall–Kier alpha value is -1.92. The highest BCUT2D eigenvalue weighted by Gasteiger charge is 2.26. The SMILES string of the molecule is CCCn1nnc(C(=O)OC)c1C(=O)OC. The first-order valence-electron chi connectivity index (χ1n) is 4.75. The van der Waals surface area contributed by atoms with Crippen molar-refractivity contribution in [3.63, 3.8) is 0 Å². The van der Waals surface area contributed by atoms with Crippen LogP contribution in [-0.2, 0) is 16.0 Å². The van der Waals surface area contributed by atoms with Crippen LogP contribution in [-0.4, -0.2) is 41.2 Å². The van der Waals surface area contributed by atoms with Crippen LogP contribution in [0.5, 0.6) is 0 Å². The van der Waals surface area contributed by atoms with Crippen molar-refractivity contribution in [3.05, 3.63) is 11.4 Å². The monoisotopic (exact) mass is 227 g/mol. The second kappa shape index (κ2) is 5.24. The lowest BCUT2D eigenvalue weighted by molar-refractivity contribution is 0.0543. The summed E-state index contributed by atoms with van der Waals surface area (Å²) in [6, 6.07) is 0. The fourth-order valence-electron chi connectivity index (χ4n) is 1.21. The Labute approximate surface area is 92.3 Å². The van der Waals surface area contributed by atoms with E-state index in [9.17, 15) is 9.59 Å². The number of aromatic nitrogens is 3. The summed E-state index contributed by atoms with van der Waals surface area (Å²) in [5.74, 6) is -1.36. The fraction of sp³-hybridized carbons (Fsp3) is 0.556. The maximum atomic E-state index is 11.5. The van der Waals surface area contributed by atoms with Crippen LogP contribution in [0.25, 0.3) is 0 Å². The van der Waals surface area contributed by atoms with E-state index in [1.807, 2.05) is 6.92 Å². The van der Waals surface area contributed by atoms with Crippen molar-refractivity contribution in [2.75, 3.05) is 14.2 Å². The Morgan fingerprint density at radius 3 is 2.38 bits per heavy atom. The van der Waals surface area contributed by atoms with Crippen molar-refractivity contribution in [3.8, 4) is 0 Å². The Morgan fingerprint density at radius 1 is 1.25 bits per heavy atom. The molecule has 0 aliphatic heterocycles. The number of carbonyl (C=O) groups is 2. The highest BCUT2D eigenvalue weighted by Crippen LogP contribution is 2.09. The van der Waals surface area contributed by atoms with Crippen molar-refractivity contribution in [1.29, 1.82) is 0 Å². The molecule has 0 aliphatic rings. The number of hydrogen-bond donors (Lipinski definition) is 0. The van der Waals surface area contributed by atoms with Crippen LogP contribution in [0.3, 0.4) is 0 Å². The molecule has 1 heterocycles. The first-order valence-corrected chi connectivity index (χ1v) is 4.75. The third kappa shape index (κ3) is 2.18. The van der Waals surface area contributed by atoms with Gasteiger partial charge < -0.3 is 9.47 Å². The maximum Gasteiger partial charge on any atom is 0.361 e. The van der Waals surface area contributed by atoms with Gasteiger partial charge in [-0.15, -0.1) is 5.10 Å². The van der Waals surface area contributed by atoms with Crippen LogP contribution in [0.2, 0.25) is 0 Å². The summed E-state index contributed by atoms with van der Waals surface area (Å²) in [5, 5.41) is 7.32. The van der Waals surface area contributed by atoms with E-state index >= 15 is 0 Å². The predicted molar refractivity (Wildman–Crippen MR) is 53.0 cm³/mol. The summed E-state index contributed by atoms with van der Waals surface area (Å²) in [5.41, 5.74) is -0.0981. The Bertz CT molecular complexity index is 399. The summed E-state index contributed by atoms with van der Waals surface area (Å²) < 4.78 is 10.4. The first-order chi connectivity index (χ1) is 7.65. The zero-order valence-electron chi connectivity index (χ0n) is 9.39. The van der Waals surface area contributed by atoms with Gasteiger partial charge in [0.25, 0.3) is 0 Å². The summed E-state index contributed by atoms with van der Waals surface area (Å²) in [4.78, 5) is 22.8. The first kappa shape index (κ1) is 12.2. The van der Waals surface area contributed by atoms with Crippen molar-refractivity contribution >= 4 is 11.9 Å². The van der Waals surface area contributed by atoms with E-state index in [0.717, 1.165) is 6.42 Å². The molecule has 0 saturated heterocycles. The number of rotatable bonds is 4. The number of aryl methyl sites for hydroxylation is 1. The number of nitrogens with zero attached hydrogens (tertiary/aromatic N) is 3. The number of carbonyl (C=O) groups excluding carboxylic acids is 2. The molecule has 0 fully saturated rings. The molecule has 0 radical (unpaired) electrons. The van der Waals surface area contributed by atoms with Gasteiger partial charge in [0.05, 0.1) is 14.2 Å². The summed E-state index contributed by atoms with van der Waals surface area (Å²) >= 11 is 0. The molecule has 0 bridgehead atoms. The fourth-order valence-corrected chi connectivity index (χ4v) is 1.21. The summed E-state index contributed by atoms with van der Waals surface area (Å²) in [7, 11) is 2.44. The van der Waals surface area contributed by atoms with Gasteiger partial charge in [0.15, 0.2) is 5.69 Å². The molecule has 1 rings (SSSR count). The molecule has 0 atom stereocenters. The van der Waals surface area contributed by atoms with Crippen molar-refractivity contribution in [2.24, 2.45) is 0 Å². The molecule has 88 valence electrons. The van der Waals surface area contributed by atoms with Gasteiger partial charge in [0.2, 0.25) is 5.69 Å². The lowest BCUT2D eigenvalue weighted by Gasteiger charge is -2.03. The topological polar surface area (TPSA) is 83.3 Å². The van der Waals surface area contributed by atoms with Crippen LogP contribution >= 0.6 is 0 Å². The number of hydrogen-bond acceptors (Lipinski definition) is 6. The van der Waals surface area contributed by atoms with Crippen LogP contribution in [0.1, 0.15) is 34.3 Å². The molecule has 0 spiro atoms. The standard InChI is InChI=1S/C9H13N3O4/c1-4-5-12-7(9(14)16-3)6(10-11-12)8(13)15-2/h4-5H2,1-3H3. The second-order valence-corrected chi connectivity index (χ2v) is 2.99. The molecule has 7 heteroatoms. The third-order valence-electron chi connectivity index (χ3n) is 1.93. The molecule has 16 heavy (non-hydrogen) atoms.